The van der Waals surface area contributed by atoms with Crippen LogP contribution in [-0.4, -0.2) is 38.7 Å². The van der Waals surface area contributed by atoms with Gasteiger partial charge in [0.05, 0.1) is 18.2 Å². The minimum Gasteiger partial charge on any atom is -0.493 e. The second-order valence-corrected chi connectivity index (χ2v) is 7.39. The lowest BCUT2D eigenvalue weighted by Gasteiger charge is -2.26. The maximum absolute atomic E-state index is 12.7. The number of rotatable bonds is 6. The average Bonchev–Trinajstić information content (AvgIpc) is 2.81. The first-order valence-electron chi connectivity index (χ1n) is 9.50. The number of ether oxygens (including phenoxy) is 3. The van der Waals surface area contributed by atoms with Crippen molar-refractivity contribution < 1.29 is 23.8 Å². The Morgan fingerprint density at radius 3 is 2.62 bits per heavy atom. The molecule has 0 bridgehead atoms. The van der Waals surface area contributed by atoms with Crippen molar-refractivity contribution in [3.05, 3.63) is 42.5 Å². The Labute approximate surface area is 170 Å². The van der Waals surface area contributed by atoms with Gasteiger partial charge in [-0.1, -0.05) is 12.1 Å². The Kier molecular flexibility index (Phi) is 5.96. The molecule has 0 spiro atoms. The van der Waals surface area contributed by atoms with Crippen LogP contribution in [-0.2, 0) is 9.59 Å². The van der Waals surface area contributed by atoms with Crippen LogP contribution in [0.25, 0.3) is 0 Å². The molecule has 1 N–H and O–H groups in total. The number of methoxy groups -OCH3 is 1. The molecular weight excluding hydrogens is 372 g/mol. The summed E-state index contributed by atoms with van der Waals surface area (Å²) in [4.78, 5) is 26.8. The van der Waals surface area contributed by atoms with Gasteiger partial charge in [0.25, 0.3) is 5.91 Å². The largest absolute Gasteiger partial charge is 0.493 e. The third-order valence-corrected chi connectivity index (χ3v) is 4.69. The minimum absolute atomic E-state index is 0.0146. The Balaban J connectivity index is 1.71. The summed E-state index contributed by atoms with van der Waals surface area (Å²) >= 11 is 0. The van der Waals surface area contributed by atoms with Crippen molar-refractivity contribution in [2.24, 2.45) is 5.41 Å². The summed E-state index contributed by atoms with van der Waals surface area (Å²) in [5.74, 6) is 1.32. The number of fused-ring (bicyclic) bond motifs is 1. The lowest BCUT2D eigenvalue weighted by molar-refractivity contribution is -0.127. The topological polar surface area (TPSA) is 77.1 Å². The normalized spacial score (nSPS) is 15.0. The molecule has 154 valence electrons. The number of benzene rings is 2. The fourth-order valence-corrected chi connectivity index (χ4v) is 3.12. The number of para-hydroxylation sites is 2. The molecule has 2 aromatic carbocycles. The first-order valence-corrected chi connectivity index (χ1v) is 9.50. The number of hydrogen-bond acceptors (Lipinski definition) is 5. The lowest BCUT2D eigenvalue weighted by atomic mass is 9.93. The van der Waals surface area contributed by atoms with Crippen LogP contribution in [0.3, 0.4) is 0 Å². The third kappa shape index (κ3) is 4.45. The van der Waals surface area contributed by atoms with E-state index in [2.05, 4.69) is 5.32 Å². The molecule has 1 aliphatic rings. The lowest BCUT2D eigenvalue weighted by Crippen LogP contribution is -2.42. The highest BCUT2D eigenvalue weighted by molar-refractivity contribution is 6.00. The number of nitrogens with zero attached hydrogens (tertiary/aromatic N) is 1. The van der Waals surface area contributed by atoms with E-state index in [-0.39, 0.29) is 25.0 Å². The second kappa shape index (κ2) is 8.43. The van der Waals surface area contributed by atoms with Crippen molar-refractivity contribution in [1.29, 1.82) is 0 Å². The van der Waals surface area contributed by atoms with E-state index < -0.39 is 5.41 Å². The Morgan fingerprint density at radius 2 is 1.93 bits per heavy atom. The third-order valence-electron chi connectivity index (χ3n) is 4.69. The van der Waals surface area contributed by atoms with E-state index in [1.807, 2.05) is 32.9 Å². The monoisotopic (exact) mass is 398 g/mol. The van der Waals surface area contributed by atoms with Gasteiger partial charge in [-0.2, -0.15) is 0 Å². The molecule has 2 amide bonds. The zero-order valence-electron chi connectivity index (χ0n) is 17.2. The molecule has 29 heavy (non-hydrogen) atoms. The maximum atomic E-state index is 12.7. The fraction of sp³-hybridized carbons (Fsp3) is 0.364. The number of hydrogen-bond donors (Lipinski definition) is 1. The van der Waals surface area contributed by atoms with Crippen LogP contribution in [0, 0.1) is 5.41 Å². The van der Waals surface area contributed by atoms with E-state index in [0.717, 1.165) is 0 Å². The number of carbonyl (C=O) groups excluding carboxylic acids is 2. The first kappa shape index (κ1) is 20.5. The molecule has 1 aliphatic heterocycles. The predicted octanol–water partition coefficient (Wildman–Crippen LogP) is 3.48. The fourth-order valence-electron chi connectivity index (χ4n) is 3.12. The smallest absolute Gasteiger partial charge is 0.262 e. The molecule has 7 heteroatoms. The molecule has 0 aliphatic carbocycles. The molecule has 0 saturated heterocycles. The van der Waals surface area contributed by atoms with Gasteiger partial charge in [0, 0.05) is 18.3 Å². The van der Waals surface area contributed by atoms with E-state index in [4.69, 9.17) is 14.2 Å². The van der Waals surface area contributed by atoms with Crippen molar-refractivity contribution >= 4 is 23.2 Å². The van der Waals surface area contributed by atoms with Gasteiger partial charge in [-0.3, -0.25) is 9.59 Å². The van der Waals surface area contributed by atoms with Crippen molar-refractivity contribution in [2.45, 2.75) is 20.8 Å². The summed E-state index contributed by atoms with van der Waals surface area (Å²) in [6, 6.07) is 12.4. The van der Waals surface area contributed by atoms with Gasteiger partial charge in [-0.05, 0) is 45.0 Å². The summed E-state index contributed by atoms with van der Waals surface area (Å²) in [7, 11) is 1.55. The number of carbonyl (C=O) groups is 2. The van der Waals surface area contributed by atoms with Crippen LogP contribution in [0.15, 0.2) is 42.5 Å². The number of anilines is 2. The quantitative estimate of drug-likeness (QED) is 0.806. The maximum Gasteiger partial charge on any atom is 0.262 e. The zero-order chi connectivity index (χ0) is 21.0. The van der Waals surface area contributed by atoms with E-state index in [9.17, 15) is 9.59 Å². The second-order valence-electron chi connectivity index (χ2n) is 7.39. The molecule has 7 nitrogen and oxygen atoms in total. The zero-order valence-corrected chi connectivity index (χ0v) is 17.2. The standard InChI is InChI=1S/C22H26N2O5/c1-5-24-16-11-10-15(12-19(16)29-14-22(2,3)21(24)26)23-20(25)13-28-18-9-7-6-8-17(18)27-4/h6-12H,5,13-14H2,1-4H3,(H,23,25). The van der Waals surface area contributed by atoms with Crippen LogP contribution in [0.4, 0.5) is 11.4 Å². The van der Waals surface area contributed by atoms with Gasteiger partial charge >= 0.3 is 0 Å². The highest BCUT2D eigenvalue weighted by atomic mass is 16.5. The van der Waals surface area contributed by atoms with E-state index >= 15 is 0 Å². The molecule has 0 aromatic heterocycles. The Bertz CT molecular complexity index is 910. The van der Waals surface area contributed by atoms with Crippen molar-refractivity contribution in [2.75, 3.05) is 37.1 Å². The highest BCUT2D eigenvalue weighted by Crippen LogP contribution is 2.38. The molecule has 1 heterocycles. The van der Waals surface area contributed by atoms with Crippen LogP contribution in [0.5, 0.6) is 17.2 Å². The summed E-state index contributed by atoms with van der Waals surface area (Å²) < 4.78 is 16.6. The molecule has 0 atom stereocenters. The van der Waals surface area contributed by atoms with Crippen molar-refractivity contribution in [3.8, 4) is 17.2 Å². The highest BCUT2D eigenvalue weighted by Gasteiger charge is 2.37. The van der Waals surface area contributed by atoms with Gasteiger partial charge < -0.3 is 24.4 Å². The summed E-state index contributed by atoms with van der Waals surface area (Å²) in [6.45, 7) is 6.29. The summed E-state index contributed by atoms with van der Waals surface area (Å²) in [5.41, 5.74) is 0.646. The van der Waals surface area contributed by atoms with E-state index in [0.29, 0.717) is 35.2 Å². The predicted molar refractivity (Wildman–Crippen MR) is 111 cm³/mol. The van der Waals surface area contributed by atoms with Crippen molar-refractivity contribution in [1.82, 2.24) is 0 Å². The van der Waals surface area contributed by atoms with E-state index in [1.165, 1.54) is 0 Å². The van der Waals surface area contributed by atoms with Crippen LogP contribution in [0.2, 0.25) is 0 Å². The molecule has 0 saturated carbocycles. The molecule has 2 aromatic rings. The van der Waals surface area contributed by atoms with Gasteiger partial charge in [-0.15, -0.1) is 0 Å². The average molecular weight is 398 g/mol. The van der Waals surface area contributed by atoms with Crippen LogP contribution >= 0.6 is 0 Å². The Morgan fingerprint density at radius 1 is 1.21 bits per heavy atom. The molecule has 0 unspecified atom stereocenters. The Hall–Kier alpha value is -3.22. The molecule has 3 rings (SSSR count). The van der Waals surface area contributed by atoms with Gasteiger partial charge in [0.15, 0.2) is 18.1 Å². The molecule has 0 radical (unpaired) electrons. The summed E-state index contributed by atoms with van der Waals surface area (Å²) in [5, 5.41) is 2.80. The van der Waals surface area contributed by atoms with Crippen LogP contribution in [0.1, 0.15) is 20.8 Å². The molecule has 0 fully saturated rings. The summed E-state index contributed by atoms with van der Waals surface area (Å²) in [6.07, 6.45) is 0. The SMILES string of the molecule is CCN1C(=O)C(C)(C)COc2cc(NC(=O)COc3ccccc3OC)ccc21. The number of amides is 2. The van der Waals surface area contributed by atoms with Gasteiger partial charge in [0.2, 0.25) is 5.91 Å². The van der Waals surface area contributed by atoms with Gasteiger partial charge in [0.1, 0.15) is 12.4 Å². The molecular formula is C22H26N2O5. The van der Waals surface area contributed by atoms with E-state index in [1.54, 1.807) is 42.3 Å². The van der Waals surface area contributed by atoms with Crippen LogP contribution < -0.4 is 24.4 Å². The number of nitrogens with one attached hydrogen (secondary N) is 1. The first-order chi connectivity index (χ1) is 13.9. The van der Waals surface area contributed by atoms with Crippen molar-refractivity contribution in [3.63, 3.8) is 0 Å². The van der Waals surface area contributed by atoms with Gasteiger partial charge in [-0.25, -0.2) is 0 Å². The minimum atomic E-state index is -0.624.